The van der Waals surface area contributed by atoms with Crippen LogP contribution < -0.4 is 10.6 Å². The molecule has 3 N–H and O–H groups in total. The monoisotopic (exact) mass is 452 g/mol. The van der Waals surface area contributed by atoms with Crippen molar-refractivity contribution in [3.05, 3.63) is 24.3 Å². The van der Waals surface area contributed by atoms with E-state index in [0.717, 1.165) is 43.5 Å². The molecule has 5 rings (SSSR count). The summed E-state index contributed by atoms with van der Waals surface area (Å²) in [5, 5.41) is 20.0. The summed E-state index contributed by atoms with van der Waals surface area (Å²) in [7, 11) is 0. The van der Waals surface area contributed by atoms with Gasteiger partial charge in [-0.1, -0.05) is 20.3 Å². The summed E-state index contributed by atoms with van der Waals surface area (Å²) in [5.41, 5.74) is 3.09. The number of aliphatic hydroxyl groups is 1. The standard InChI is InChI=1S/C24H32N6O3/c1-24(2)10-20-18(11-27-30(20)12-24)19-9-21(26-13-25-19)29-22(32)14-4-3-5-16(6-14)28-23(33)15-7-17(31)8-15/h9,11,13-17,31H,3-8,10,12H2,1-2H3,(H,28,33)(H,25,26,29,32)/t14-,15?,16+,17?/m0/s1. The van der Waals surface area contributed by atoms with E-state index in [2.05, 4.69) is 39.5 Å². The number of amides is 2. The highest BCUT2D eigenvalue weighted by atomic mass is 16.3. The second-order valence-electron chi connectivity index (χ2n) is 10.7. The predicted molar refractivity (Wildman–Crippen MR) is 122 cm³/mol. The van der Waals surface area contributed by atoms with E-state index in [-0.39, 0.29) is 41.2 Å². The Labute approximate surface area is 193 Å². The van der Waals surface area contributed by atoms with E-state index < -0.39 is 0 Å². The van der Waals surface area contributed by atoms with Crippen LogP contribution in [0.2, 0.25) is 0 Å². The second-order valence-corrected chi connectivity index (χ2v) is 10.7. The molecule has 0 bridgehead atoms. The Kier molecular flexibility index (Phi) is 5.68. The van der Waals surface area contributed by atoms with Crippen LogP contribution in [0.25, 0.3) is 11.3 Å². The van der Waals surface area contributed by atoms with E-state index in [1.54, 1.807) is 0 Å². The Morgan fingerprint density at radius 1 is 1.12 bits per heavy atom. The molecule has 2 aromatic heterocycles. The van der Waals surface area contributed by atoms with Crippen LogP contribution in [0.5, 0.6) is 0 Å². The van der Waals surface area contributed by atoms with Crippen molar-refractivity contribution in [3.63, 3.8) is 0 Å². The molecule has 2 atom stereocenters. The van der Waals surface area contributed by atoms with Crippen LogP contribution in [-0.4, -0.2) is 48.8 Å². The van der Waals surface area contributed by atoms with Crippen LogP contribution >= 0.6 is 0 Å². The largest absolute Gasteiger partial charge is 0.393 e. The van der Waals surface area contributed by atoms with Gasteiger partial charge in [0, 0.05) is 41.7 Å². The van der Waals surface area contributed by atoms with Crippen molar-refractivity contribution >= 4 is 17.6 Å². The molecule has 2 saturated carbocycles. The van der Waals surface area contributed by atoms with Gasteiger partial charge < -0.3 is 15.7 Å². The first-order valence-corrected chi connectivity index (χ1v) is 11.9. The van der Waals surface area contributed by atoms with Gasteiger partial charge in [0.05, 0.1) is 18.0 Å². The average Bonchev–Trinajstić information content (AvgIpc) is 3.26. The molecule has 0 unspecified atom stereocenters. The van der Waals surface area contributed by atoms with Gasteiger partial charge in [0.15, 0.2) is 0 Å². The summed E-state index contributed by atoms with van der Waals surface area (Å²) in [6.45, 7) is 5.34. The van der Waals surface area contributed by atoms with Crippen molar-refractivity contribution in [3.8, 4) is 11.3 Å². The van der Waals surface area contributed by atoms with Gasteiger partial charge >= 0.3 is 0 Å². The maximum absolute atomic E-state index is 13.0. The van der Waals surface area contributed by atoms with Crippen LogP contribution in [0, 0.1) is 17.3 Å². The number of carbonyl (C=O) groups is 2. The Balaban J connectivity index is 1.21. The van der Waals surface area contributed by atoms with Crippen LogP contribution in [0.3, 0.4) is 0 Å². The van der Waals surface area contributed by atoms with Crippen molar-refractivity contribution in [1.82, 2.24) is 25.1 Å². The lowest BCUT2D eigenvalue weighted by Crippen LogP contribution is -2.47. The maximum atomic E-state index is 13.0. The van der Waals surface area contributed by atoms with E-state index in [9.17, 15) is 14.7 Å². The summed E-state index contributed by atoms with van der Waals surface area (Å²) >= 11 is 0. The number of carbonyl (C=O) groups excluding carboxylic acids is 2. The molecule has 3 aliphatic rings. The van der Waals surface area contributed by atoms with E-state index in [1.165, 1.54) is 12.0 Å². The molecule has 0 spiro atoms. The lowest BCUT2D eigenvalue weighted by Gasteiger charge is -2.34. The lowest BCUT2D eigenvalue weighted by atomic mass is 9.80. The minimum atomic E-state index is -0.348. The topological polar surface area (TPSA) is 122 Å². The average molecular weight is 453 g/mol. The summed E-state index contributed by atoms with van der Waals surface area (Å²) in [5.74, 6) is 0.152. The molecule has 9 nitrogen and oxygen atoms in total. The molecule has 2 aromatic rings. The molecule has 33 heavy (non-hydrogen) atoms. The van der Waals surface area contributed by atoms with Crippen LogP contribution in [0.4, 0.5) is 5.82 Å². The van der Waals surface area contributed by atoms with E-state index >= 15 is 0 Å². The highest BCUT2D eigenvalue weighted by Gasteiger charge is 2.36. The molecule has 9 heteroatoms. The molecule has 2 amide bonds. The molecule has 176 valence electrons. The van der Waals surface area contributed by atoms with Gasteiger partial charge in [0.25, 0.3) is 0 Å². The normalized spacial score (nSPS) is 28.0. The van der Waals surface area contributed by atoms with Crippen molar-refractivity contribution in [2.24, 2.45) is 17.3 Å². The zero-order valence-electron chi connectivity index (χ0n) is 19.3. The molecule has 1 aliphatic heterocycles. The maximum Gasteiger partial charge on any atom is 0.228 e. The number of anilines is 1. The molecule has 2 aliphatic carbocycles. The quantitative estimate of drug-likeness (QED) is 0.640. The Morgan fingerprint density at radius 3 is 2.73 bits per heavy atom. The first kappa shape index (κ1) is 22.0. The molecule has 3 heterocycles. The minimum absolute atomic E-state index is 0.000868. The number of nitrogens with zero attached hydrogens (tertiary/aromatic N) is 4. The molecule has 0 saturated heterocycles. The number of aliphatic hydroxyl groups excluding tert-OH is 1. The molecular formula is C24H32N6O3. The summed E-state index contributed by atoms with van der Waals surface area (Å²) in [6, 6.07) is 1.81. The number of rotatable bonds is 5. The molecular weight excluding hydrogens is 420 g/mol. The fraction of sp³-hybridized carbons (Fsp3) is 0.625. The van der Waals surface area contributed by atoms with Gasteiger partial charge in [-0.3, -0.25) is 14.3 Å². The van der Waals surface area contributed by atoms with Crippen molar-refractivity contribution in [2.45, 2.75) is 77.5 Å². The van der Waals surface area contributed by atoms with E-state index in [0.29, 0.717) is 25.1 Å². The fourth-order valence-electron chi connectivity index (χ4n) is 5.34. The molecule has 0 radical (unpaired) electrons. The van der Waals surface area contributed by atoms with Gasteiger partial charge in [-0.05, 0) is 43.9 Å². The Hall–Kier alpha value is -2.81. The van der Waals surface area contributed by atoms with Crippen LogP contribution in [-0.2, 0) is 22.6 Å². The van der Waals surface area contributed by atoms with Crippen LogP contribution in [0.1, 0.15) is 58.1 Å². The summed E-state index contributed by atoms with van der Waals surface area (Å²) < 4.78 is 2.04. The van der Waals surface area contributed by atoms with Crippen molar-refractivity contribution in [1.29, 1.82) is 0 Å². The number of aromatic nitrogens is 4. The number of hydrogen-bond acceptors (Lipinski definition) is 6. The third kappa shape index (κ3) is 4.64. The lowest BCUT2D eigenvalue weighted by molar-refractivity contribution is -0.133. The van der Waals surface area contributed by atoms with E-state index in [1.807, 2.05) is 16.9 Å². The second kappa shape index (κ2) is 8.52. The first-order chi connectivity index (χ1) is 15.8. The number of hydrogen-bond donors (Lipinski definition) is 3. The zero-order chi connectivity index (χ0) is 23.2. The zero-order valence-corrected chi connectivity index (χ0v) is 19.3. The third-order valence-electron chi connectivity index (χ3n) is 7.24. The Bertz CT molecular complexity index is 1060. The third-order valence-corrected chi connectivity index (χ3v) is 7.24. The van der Waals surface area contributed by atoms with Crippen molar-refractivity contribution in [2.75, 3.05) is 5.32 Å². The van der Waals surface area contributed by atoms with Crippen LogP contribution in [0.15, 0.2) is 18.6 Å². The van der Waals surface area contributed by atoms with Crippen molar-refractivity contribution < 1.29 is 14.7 Å². The smallest absolute Gasteiger partial charge is 0.228 e. The van der Waals surface area contributed by atoms with Gasteiger partial charge in [0.1, 0.15) is 12.1 Å². The predicted octanol–water partition coefficient (Wildman–Crippen LogP) is 2.31. The minimum Gasteiger partial charge on any atom is -0.393 e. The van der Waals surface area contributed by atoms with Gasteiger partial charge in [-0.2, -0.15) is 5.10 Å². The number of fused-ring (bicyclic) bond motifs is 1. The molecule has 2 fully saturated rings. The van der Waals surface area contributed by atoms with Gasteiger partial charge in [-0.15, -0.1) is 0 Å². The fourth-order valence-corrected chi connectivity index (χ4v) is 5.34. The SMILES string of the molecule is CC1(C)Cc2c(-c3cc(NC(=O)[C@H]4CCC[C@@H](NC(=O)C5CC(O)C5)C4)ncn3)cnn2C1. The highest BCUT2D eigenvalue weighted by molar-refractivity contribution is 5.92. The molecule has 0 aromatic carbocycles. The van der Waals surface area contributed by atoms with E-state index in [4.69, 9.17) is 0 Å². The highest BCUT2D eigenvalue weighted by Crippen LogP contribution is 2.36. The first-order valence-electron chi connectivity index (χ1n) is 11.9. The summed E-state index contributed by atoms with van der Waals surface area (Å²) in [6.07, 6.45) is 8.17. The van der Waals surface area contributed by atoms with Gasteiger partial charge in [0.2, 0.25) is 11.8 Å². The number of nitrogens with one attached hydrogen (secondary N) is 2. The summed E-state index contributed by atoms with van der Waals surface area (Å²) in [4.78, 5) is 34.0. The van der Waals surface area contributed by atoms with Gasteiger partial charge in [-0.25, -0.2) is 9.97 Å². The Morgan fingerprint density at radius 2 is 1.94 bits per heavy atom.